The molecule has 1 aromatic heterocycles. The first kappa shape index (κ1) is 38.1. The van der Waals surface area contributed by atoms with Gasteiger partial charge in [0.25, 0.3) is 27.8 Å². The first-order valence-electron chi connectivity index (χ1n) is 14.4. The molecule has 3 heterocycles. The van der Waals surface area contributed by atoms with Crippen LogP contribution in [0.3, 0.4) is 0 Å². The van der Waals surface area contributed by atoms with Crippen LogP contribution in [0.15, 0.2) is 64.1 Å². The Hall–Kier alpha value is -4.16. The number of β-lactam (4-membered cyclic amide) rings is 1. The number of carboxylic acids is 1. The number of benzene rings is 2. The van der Waals surface area contributed by atoms with Gasteiger partial charge in [-0.1, -0.05) is 65.0 Å². The second-order valence-electron chi connectivity index (χ2n) is 10.7. The summed E-state index contributed by atoms with van der Waals surface area (Å²) in [6, 6.07) is 8.66. The predicted molar refractivity (Wildman–Crippen MR) is 184 cm³/mol. The monoisotopic (exact) mass is 799 g/mol. The first-order chi connectivity index (χ1) is 24.2. The number of nitro groups is 1. The fourth-order valence-corrected chi connectivity index (χ4v) is 8.94. The Labute approximate surface area is 306 Å². The molecular formula is C28H26ClN7O11S4. The van der Waals surface area contributed by atoms with Gasteiger partial charge in [0.2, 0.25) is 0 Å². The summed E-state index contributed by atoms with van der Waals surface area (Å²) in [4.78, 5) is 66.2. The van der Waals surface area contributed by atoms with E-state index in [-0.39, 0.29) is 34.5 Å². The number of nitrogens with two attached hydrogens (primary N) is 1. The maximum atomic E-state index is 13.9. The highest BCUT2D eigenvalue weighted by Crippen LogP contribution is 2.44. The van der Waals surface area contributed by atoms with Crippen LogP contribution < -0.4 is 15.8 Å². The lowest BCUT2D eigenvalue weighted by atomic mass is 9.99. The van der Waals surface area contributed by atoms with E-state index >= 15 is 0 Å². The molecule has 18 nitrogen and oxygen atoms in total. The minimum absolute atomic E-state index is 0.00574. The number of carboxylic acid groups (broad SMARTS) is 1. The summed E-state index contributed by atoms with van der Waals surface area (Å²) in [5, 5.41) is 31.6. The number of thioether (sulfide) groups is 2. The van der Waals surface area contributed by atoms with Crippen LogP contribution in [0.25, 0.3) is 0 Å². The van der Waals surface area contributed by atoms with Crippen LogP contribution in [0, 0.1) is 10.1 Å². The Morgan fingerprint density at radius 1 is 1.24 bits per heavy atom. The highest BCUT2D eigenvalue weighted by molar-refractivity contribution is 8.01. The van der Waals surface area contributed by atoms with Crippen molar-refractivity contribution in [2.24, 2.45) is 5.73 Å². The summed E-state index contributed by atoms with van der Waals surface area (Å²) in [5.74, 6) is -5.13. The second kappa shape index (κ2) is 16.0. The normalized spacial score (nSPS) is 17.7. The third kappa shape index (κ3) is 8.84. The number of carbonyl (C=O) groups is 4. The maximum Gasteiger partial charge on any atom is 0.352 e. The SMILES string of the molecule is N[C@@H](C(=O)N(C(=O)COc1ccc(Cl)cc1[N+](=O)[O-])C1C(=O)N2C(C(=O)O)=C(CSc3nnc(CNCS(=O)(=O)O)s3)CS[C@H]12)c1ccccc1. The molecule has 270 valence electrons. The molecule has 1 unspecified atom stereocenters. The minimum atomic E-state index is -4.23. The van der Waals surface area contributed by atoms with E-state index < -0.39 is 74.4 Å². The van der Waals surface area contributed by atoms with Gasteiger partial charge in [0.1, 0.15) is 34.0 Å². The molecule has 51 heavy (non-hydrogen) atoms. The number of imide groups is 1. The summed E-state index contributed by atoms with van der Waals surface area (Å²) < 4.78 is 36.5. The lowest BCUT2D eigenvalue weighted by molar-refractivity contribution is -0.385. The van der Waals surface area contributed by atoms with Crippen molar-refractivity contribution in [1.82, 2.24) is 25.3 Å². The van der Waals surface area contributed by atoms with Crippen molar-refractivity contribution in [1.29, 1.82) is 0 Å². The van der Waals surface area contributed by atoms with Gasteiger partial charge in [-0.3, -0.25) is 44.2 Å². The van der Waals surface area contributed by atoms with Crippen molar-refractivity contribution >= 4 is 86.0 Å². The zero-order chi connectivity index (χ0) is 37.0. The van der Waals surface area contributed by atoms with Gasteiger partial charge in [-0.25, -0.2) is 4.79 Å². The number of nitrogens with zero attached hydrogens (tertiary/aromatic N) is 5. The van der Waals surface area contributed by atoms with E-state index in [4.69, 9.17) is 26.6 Å². The number of hydrogen-bond donors (Lipinski definition) is 4. The van der Waals surface area contributed by atoms with Crippen LogP contribution in [0.2, 0.25) is 5.02 Å². The molecule has 3 atom stereocenters. The summed E-state index contributed by atoms with van der Waals surface area (Å²) in [6.07, 6.45) is 0. The van der Waals surface area contributed by atoms with E-state index in [1.165, 1.54) is 12.1 Å². The lowest BCUT2D eigenvalue weighted by Gasteiger charge is -2.52. The number of ether oxygens (including phenoxy) is 1. The molecule has 5 rings (SSSR count). The third-order valence-corrected chi connectivity index (χ3v) is 11.6. The van der Waals surface area contributed by atoms with E-state index in [9.17, 15) is 42.8 Å². The zero-order valence-electron chi connectivity index (χ0n) is 25.8. The zero-order valence-corrected chi connectivity index (χ0v) is 29.8. The first-order valence-corrected chi connectivity index (χ1v) is 19.2. The number of nitro benzene ring substituents is 1. The van der Waals surface area contributed by atoms with Crippen molar-refractivity contribution in [3.05, 3.63) is 85.5 Å². The second-order valence-corrected chi connectivity index (χ2v) is 15.9. The lowest BCUT2D eigenvalue weighted by Crippen LogP contribution is -2.73. The summed E-state index contributed by atoms with van der Waals surface area (Å²) >= 11 is 9.23. The molecule has 1 saturated heterocycles. The Morgan fingerprint density at radius 2 is 1.96 bits per heavy atom. The number of fused-ring (bicyclic) bond motifs is 1. The fourth-order valence-electron chi connectivity index (χ4n) is 5.01. The molecule has 3 aromatic rings. The van der Waals surface area contributed by atoms with Crippen molar-refractivity contribution in [2.45, 2.75) is 28.3 Å². The molecule has 1 fully saturated rings. The highest BCUT2D eigenvalue weighted by Gasteiger charge is 2.58. The van der Waals surface area contributed by atoms with Gasteiger partial charge in [-0.15, -0.1) is 22.0 Å². The molecule has 0 bridgehead atoms. The summed E-state index contributed by atoms with van der Waals surface area (Å²) in [5.41, 5.74) is 6.07. The van der Waals surface area contributed by atoms with E-state index in [1.54, 1.807) is 30.3 Å². The van der Waals surface area contributed by atoms with Crippen molar-refractivity contribution in [3.8, 4) is 5.75 Å². The van der Waals surface area contributed by atoms with Gasteiger partial charge in [0, 0.05) is 22.6 Å². The highest BCUT2D eigenvalue weighted by atomic mass is 35.5. The molecule has 3 amide bonds. The number of amides is 3. The van der Waals surface area contributed by atoms with Crippen molar-refractivity contribution in [2.75, 3.05) is 24.0 Å². The Morgan fingerprint density at radius 3 is 2.63 bits per heavy atom. The van der Waals surface area contributed by atoms with Crippen molar-refractivity contribution in [3.63, 3.8) is 0 Å². The van der Waals surface area contributed by atoms with Gasteiger partial charge in [-0.05, 0) is 23.3 Å². The molecule has 2 aliphatic rings. The number of hydrogen-bond acceptors (Lipinski definition) is 16. The van der Waals surface area contributed by atoms with Crippen LogP contribution in [0.4, 0.5) is 5.69 Å². The van der Waals surface area contributed by atoms with Crippen LogP contribution in [-0.4, -0.2) is 102 Å². The van der Waals surface area contributed by atoms with Gasteiger partial charge in [0.05, 0.1) is 11.5 Å². The Kier molecular flexibility index (Phi) is 12.0. The van der Waals surface area contributed by atoms with Crippen LogP contribution in [0.1, 0.15) is 16.6 Å². The average Bonchev–Trinajstić information content (AvgIpc) is 3.54. The number of nitrogens with one attached hydrogen (secondary N) is 1. The molecule has 23 heteroatoms. The molecule has 0 spiro atoms. The number of rotatable bonds is 15. The quantitative estimate of drug-likeness (QED) is 0.0562. The third-order valence-electron chi connectivity index (χ3n) is 7.28. The predicted octanol–water partition coefficient (Wildman–Crippen LogP) is 1.88. The van der Waals surface area contributed by atoms with E-state index in [1.807, 2.05) is 0 Å². The molecule has 2 aromatic carbocycles. The molecule has 0 aliphatic carbocycles. The van der Waals surface area contributed by atoms with Crippen LogP contribution in [-0.2, 0) is 35.8 Å². The van der Waals surface area contributed by atoms with Gasteiger partial charge >= 0.3 is 11.7 Å². The van der Waals surface area contributed by atoms with Crippen LogP contribution >= 0.6 is 46.5 Å². The number of aromatic nitrogens is 2. The molecule has 0 saturated carbocycles. The van der Waals surface area contributed by atoms with Gasteiger partial charge in [-0.2, -0.15) is 8.42 Å². The Bertz CT molecular complexity index is 2020. The number of halogens is 1. The van der Waals surface area contributed by atoms with E-state index in [2.05, 4.69) is 15.5 Å². The average molecular weight is 800 g/mol. The summed E-state index contributed by atoms with van der Waals surface area (Å²) in [6.45, 7) is -0.901. The van der Waals surface area contributed by atoms with E-state index in [0.717, 1.165) is 45.8 Å². The standard InChI is InChI=1S/C28H26ClN7O11S4/c29-16-6-7-18(17(8-16)36(42)43)47-10-20(37)34(24(38)21(30)14-4-2-1-3-5-14)23-25(39)35-22(27(40)41)15(11-48-26(23)35)12-49-28-33-32-19(50-28)9-31-13-51(44,45)46/h1-8,21,23,26,31H,9-13,30H2,(H,40,41)(H,44,45,46)/t21-,23?,26-/m1/s1. The van der Waals surface area contributed by atoms with Gasteiger partial charge < -0.3 is 15.6 Å². The van der Waals surface area contributed by atoms with Crippen LogP contribution in [0.5, 0.6) is 5.75 Å². The molecule has 5 N–H and O–H groups in total. The molecule has 2 aliphatic heterocycles. The molecular weight excluding hydrogens is 774 g/mol. The van der Waals surface area contributed by atoms with E-state index in [0.29, 0.717) is 25.4 Å². The van der Waals surface area contributed by atoms with Crippen molar-refractivity contribution < 1.29 is 46.9 Å². The largest absolute Gasteiger partial charge is 0.477 e. The number of carbonyl (C=O) groups excluding carboxylic acids is 3. The fraction of sp³-hybridized carbons (Fsp3) is 0.286. The topological polar surface area (TPSA) is 266 Å². The maximum absolute atomic E-state index is 13.9. The summed E-state index contributed by atoms with van der Waals surface area (Å²) in [7, 11) is -4.23. The molecule has 0 radical (unpaired) electrons. The smallest absolute Gasteiger partial charge is 0.352 e. The van der Waals surface area contributed by atoms with Gasteiger partial charge in [0.15, 0.2) is 16.7 Å². The Balaban J connectivity index is 1.36. The number of aliphatic carboxylic acids is 1. The minimum Gasteiger partial charge on any atom is -0.477 e.